The van der Waals surface area contributed by atoms with Crippen LogP contribution in [0, 0.1) is 10.1 Å². The van der Waals surface area contributed by atoms with E-state index in [1.807, 2.05) is 18.2 Å². The molecule has 0 spiro atoms. The second kappa shape index (κ2) is 6.33. The van der Waals surface area contributed by atoms with Crippen molar-refractivity contribution < 1.29 is 14.8 Å². The Hall–Kier alpha value is -3.48. The minimum Gasteiger partial charge on any atom is -0.872 e. The molecule has 0 saturated carbocycles. The number of rotatable bonds is 4. The highest BCUT2D eigenvalue weighted by atomic mass is 16.6. The Kier molecular flexibility index (Phi) is 4.07. The fraction of sp³-hybridized carbons (Fsp3) is 0.0588. The highest BCUT2D eigenvalue weighted by molar-refractivity contribution is 5.94. The molecule has 0 radical (unpaired) electrons. The van der Waals surface area contributed by atoms with Gasteiger partial charge in [-0.3, -0.25) is 14.9 Å². The van der Waals surface area contributed by atoms with Crippen LogP contribution in [0.4, 0.5) is 5.69 Å². The van der Waals surface area contributed by atoms with Crippen LogP contribution in [0.5, 0.6) is 5.75 Å². The Morgan fingerprint density at radius 1 is 1.12 bits per heavy atom. The predicted octanol–water partition coefficient (Wildman–Crippen LogP) is 2.15. The van der Waals surface area contributed by atoms with E-state index in [1.165, 1.54) is 0 Å². The molecular formula is C17H12N3O4-. The molecule has 0 atom stereocenters. The predicted molar refractivity (Wildman–Crippen MR) is 85.5 cm³/mol. The first-order valence-electron chi connectivity index (χ1n) is 7.13. The van der Waals surface area contributed by atoms with Crippen molar-refractivity contribution in [2.45, 2.75) is 6.54 Å². The molecule has 0 unspecified atom stereocenters. The van der Waals surface area contributed by atoms with E-state index in [0.29, 0.717) is 5.52 Å². The molecule has 120 valence electrons. The van der Waals surface area contributed by atoms with Crippen molar-refractivity contribution in [1.82, 2.24) is 10.3 Å². The molecule has 3 aromatic rings. The third kappa shape index (κ3) is 3.14. The molecule has 7 heteroatoms. The molecular weight excluding hydrogens is 310 g/mol. The second-order valence-electron chi connectivity index (χ2n) is 5.12. The first-order valence-corrected chi connectivity index (χ1v) is 7.13. The molecule has 7 nitrogen and oxygen atoms in total. The van der Waals surface area contributed by atoms with Crippen LogP contribution in [0.1, 0.15) is 16.1 Å². The smallest absolute Gasteiger partial charge is 0.270 e. The van der Waals surface area contributed by atoms with Crippen LogP contribution in [-0.2, 0) is 6.54 Å². The van der Waals surface area contributed by atoms with Crippen molar-refractivity contribution in [3.8, 4) is 5.75 Å². The minimum atomic E-state index is -0.588. The van der Waals surface area contributed by atoms with Gasteiger partial charge in [-0.25, -0.2) is 4.98 Å². The van der Waals surface area contributed by atoms with Gasteiger partial charge < -0.3 is 10.4 Å². The average molecular weight is 322 g/mol. The number of hydrogen-bond donors (Lipinski definition) is 1. The molecule has 2 aromatic carbocycles. The largest absolute Gasteiger partial charge is 0.872 e. The molecule has 0 fully saturated rings. The van der Waals surface area contributed by atoms with Crippen molar-refractivity contribution in [2.24, 2.45) is 0 Å². The van der Waals surface area contributed by atoms with Crippen LogP contribution in [0.15, 0.2) is 54.6 Å². The Bertz CT molecular complexity index is 940. The fourth-order valence-electron chi connectivity index (χ4n) is 2.28. The lowest BCUT2D eigenvalue weighted by Crippen LogP contribution is -2.24. The molecule has 1 amide bonds. The number of para-hydroxylation sites is 1. The van der Waals surface area contributed by atoms with Crippen molar-refractivity contribution >= 4 is 22.5 Å². The zero-order valence-corrected chi connectivity index (χ0v) is 12.4. The summed E-state index contributed by atoms with van der Waals surface area (Å²) in [7, 11) is 0. The Balaban J connectivity index is 1.77. The number of aromatic nitrogens is 1. The zero-order chi connectivity index (χ0) is 17.1. The Morgan fingerprint density at radius 3 is 2.71 bits per heavy atom. The number of hydrogen-bond acceptors (Lipinski definition) is 5. The number of carbonyl (C=O) groups is 1. The topological polar surface area (TPSA) is 108 Å². The lowest BCUT2D eigenvalue weighted by atomic mass is 10.1. The van der Waals surface area contributed by atoms with Gasteiger partial charge >= 0.3 is 0 Å². The van der Waals surface area contributed by atoms with Gasteiger partial charge in [0, 0.05) is 24.1 Å². The summed E-state index contributed by atoms with van der Waals surface area (Å²) >= 11 is 0. The summed E-state index contributed by atoms with van der Waals surface area (Å²) in [6.45, 7) is -0.103. The van der Waals surface area contributed by atoms with E-state index < -0.39 is 10.8 Å². The first-order chi connectivity index (χ1) is 11.5. The maximum atomic E-state index is 12.2. The summed E-state index contributed by atoms with van der Waals surface area (Å²) in [5.41, 5.74) is 0.859. The number of nitrogens with zero attached hydrogens (tertiary/aromatic N) is 2. The molecule has 0 bridgehead atoms. The molecule has 0 aliphatic carbocycles. The van der Waals surface area contributed by atoms with Crippen LogP contribution in [-0.4, -0.2) is 15.8 Å². The zero-order valence-electron chi connectivity index (χ0n) is 12.4. The normalized spacial score (nSPS) is 10.5. The second-order valence-corrected chi connectivity index (χ2v) is 5.12. The van der Waals surface area contributed by atoms with Gasteiger partial charge in [0.2, 0.25) is 0 Å². The molecule has 1 heterocycles. The van der Waals surface area contributed by atoms with Crippen LogP contribution in [0.2, 0.25) is 0 Å². The summed E-state index contributed by atoms with van der Waals surface area (Å²) in [6, 6.07) is 14.2. The third-order valence-corrected chi connectivity index (χ3v) is 3.53. The lowest BCUT2D eigenvalue weighted by molar-refractivity contribution is -0.385. The van der Waals surface area contributed by atoms with Gasteiger partial charge in [-0.2, -0.15) is 0 Å². The average Bonchev–Trinajstić information content (AvgIpc) is 2.60. The quantitative estimate of drug-likeness (QED) is 0.585. The van der Waals surface area contributed by atoms with Gasteiger partial charge in [-0.15, -0.1) is 5.75 Å². The van der Waals surface area contributed by atoms with Gasteiger partial charge in [0.15, 0.2) is 0 Å². The Morgan fingerprint density at radius 2 is 1.92 bits per heavy atom. The van der Waals surface area contributed by atoms with Gasteiger partial charge in [0.1, 0.15) is 5.69 Å². The molecule has 0 aliphatic rings. The molecule has 1 N–H and O–H groups in total. The van der Waals surface area contributed by atoms with Gasteiger partial charge in [0.25, 0.3) is 11.6 Å². The van der Waals surface area contributed by atoms with E-state index in [9.17, 15) is 20.0 Å². The summed E-state index contributed by atoms with van der Waals surface area (Å²) in [6.07, 6.45) is 0. The molecule has 0 aliphatic heterocycles. The maximum Gasteiger partial charge on any atom is 0.270 e. The Labute approximate surface area is 136 Å². The van der Waals surface area contributed by atoms with E-state index >= 15 is 0 Å². The van der Waals surface area contributed by atoms with Crippen LogP contribution in [0.3, 0.4) is 0 Å². The number of carbonyl (C=O) groups excluding carboxylic acids is 1. The molecule has 24 heavy (non-hydrogen) atoms. The van der Waals surface area contributed by atoms with Crippen LogP contribution >= 0.6 is 0 Å². The van der Waals surface area contributed by atoms with E-state index in [0.717, 1.165) is 23.6 Å². The minimum absolute atomic E-state index is 0.103. The van der Waals surface area contributed by atoms with Crippen molar-refractivity contribution in [3.05, 3.63) is 76.0 Å². The maximum absolute atomic E-state index is 12.2. The number of benzene rings is 2. The standard InChI is InChI=1S/C17H13N3O4/c21-16-8-6-13(20(23)24)9-12(16)10-18-17(22)15-7-5-11-3-1-2-4-14(11)19-15/h1-9,21H,10H2,(H,18,22)/p-1. The molecule has 3 rings (SSSR count). The van der Waals surface area contributed by atoms with E-state index in [1.54, 1.807) is 18.2 Å². The fourth-order valence-corrected chi connectivity index (χ4v) is 2.28. The number of nitrogens with one attached hydrogen (secondary N) is 1. The summed E-state index contributed by atoms with van der Waals surface area (Å²) < 4.78 is 0. The number of nitro groups is 1. The SMILES string of the molecule is O=C(NCc1cc([N+](=O)[O-])ccc1[O-])c1ccc2ccccc2n1. The summed E-state index contributed by atoms with van der Waals surface area (Å²) in [5, 5.41) is 26.0. The number of fused-ring (bicyclic) bond motifs is 1. The van der Waals surface area contributed by atoms with Crippen LogP contribution < -0.4 is 10.4 Å². The van der Waals surface area contributed by atoms with E-state index in [2.05, 4.69) is 10.3 Å². The first kappa shape index (κ1) is 15.4. The highest BCUT2D eigenvalue weighted by Gasteiger charge is 2.10. The number of amides is 1. The molecule has 0 saturated heterocycles. The summed E-state index contributed by atoms with van der Waals surface area (Å²) in [4.78, 5) is 26.6. The van der Waals surface area contributed by atoms with Crippen molar-refractivity contribution in [1.29, 1.82) is 0 Å². The number of non-ortho nitro benzene ring substituents is 1. The van der Waals surface area contributed by atoms with Gasteiger partial charge in [-0.05, 0) is 17.7 Å². The van der Waals surface area contributed by atoms with Gasteiger partial charge in [-0.1, -0.05) is 30.3 Å². The number of nitro benzene ring substituents is 1. The van der Waals surface area contributed by atoms with Gasteiger partial charge in [0.05, 0.1) is 10.4 Å². The van der Waals surface area contributed by atoms with Crippen molar-refractivity contribution in [3.63, 3.8) is 0 Å². The highest BCUT2D eigenvalue weighted by Crippen LogP contribution is 2.20. The van der Waals surface area contributed by atoms with Crippen LogP contribution in [0.25, 0.3) is 10.9 Å². The summed E-state index contributed by atoms with van der Waals surface area (Å²) in [5.74, 6) is -0.820. The monoisotopic (exact) mass is 322 g/mol. The number of pyridine rings is 1. The third-order valence-electron chi connectivity index (χ3n) is 3.53. The van der Waals surface area contributed by atoms with Crippen molar-refractivity contribution in [2.75, 3.05) is 0 Å². The molecule has 1 aromatic heterocycles. The van der Waals surface area contributed by atoms with E-state index in [-0.39, 0.29) is 29.2 Å². The lowest BCUT2D eigenvalue weighted by Gasteiger charge is -2.13. The van der Waals surface area contributed by atoms with E-state index in [4.69, 9.17) is 0 Å².